The molecule has 4 rings (SSSR count). The fraction of sp³-hybridized carbons (Fsp3) is 0.0952. The largest absolute Gasteiger partial charge is 0.474 e. The Bertz CT molecular complexity index is 983. The predicted octanol–water partition coefficient (Wildman–Crippen LogP) is 3.51. The zero-order valence-corrected chi connectivity index (χ0v) is 15.1. The first-order chi connectivity index (χ1) is 13.2. The molecule has 1 atom stereocenters. The summed E-state index contributed by atoms with van der Waals surface area (Å²) in [5.41, 5.74) is 1.94. The van der Waals surface area contributed by atoms with E-state index in [2.05, 4.69) is 10.3 Å². The highest BCUT2D eigenvalue weighted by atomic mass is 32.1. The highest BCUT2D eigenvalue weighted by Crippen LogP contribution is 2.20. The van der Waals surface area contributed by atoms with Crippen LogP contribution in [-0.4, -0.2) is 23.6 Å². The Hall–Kier alpha value is -3.25. The van der Waals surface area contributed by atoms with E-state index in [-0.39, 0.29) is 17.8 Å². The van der Waals surface area contributed by atoms with E-state index in [4.69, 9.17) is 4.74 Å². The molecule has 1 aliphatic carbocycles. The topological polar surface area (TPSA) is 67.8 Å². The Morgan fingerprint density at radius 1 is 1.22 bits per heavy atom. The molecule has 5 nitrogen and oxygen atoms in total. The van der Waals surface area contributed by atoms with Crippen LogP contribution in [0.25, 0.3) is 6.08 Å². The van der Waals surface area contributed by atoms with Crippen molar-refractivity contribution in [2.75, 3.05) is 0 Å². The Kier molecular flexibility index (Phi) is 4.80. The molecule has 1 aromatic carbocycles. The summed E-state index contributed by atoms with van der Waals surface area (Å²) in [6.45, 7) is 0.508. The molecular weight excluding hydrogens is 360 g/mol. The lowest BCUT2D eigenvalue weighted by Crippen LogP contribution is -2.29. The lowest BCUT2D eigenvalue weighted by molar-refractivity contribution is -0.118. The van der Waals surface area contributed by atoms with Crippen molar-refractivity contribution >= 4 is 34.9 Å². The van der Waals surface area contributed by atoms with Crippen LogP contribution in [0.2, 0.25) is 0 Å². The fourth-order valence-electron chi connectivity index (χ4n) is 2.73. The van der Waals surface area contributed by atoms with Gasteiger partial charge in [0, 0.05) is 10.4 Å². The zero-order valence-electron chi connectivity index (χ0n) is 14.3. The molecule has 2 aliphatic rings. The van der Waals surface area contributed by atoms with E-state index in [9.17, 15) is 9.59 Å². The van der Waals surface area contributed by atoms with Gasteiger partial charge in [-0.05, 0) is 47.4 Å². The number of hydrogen-bond donors (Lipinski definition) is 1. The molecule has 6 heteroatoms. The monoisotopic (exact) mass is 376 g/mol. The van der Waals surface area contributed by atoms with Crippen LogP contribution in [0.15, 0.2) is 76.8 Å². The van der Waals surface area contributed by atoms with Crippen LogP contribution in [0.5, 0.6) is 0 Å². The van der Waals surface area contributed by atoms with Gasteiger partial charge in [0.25, 0.3) is 5.91 Å². The molecule has 1 N–H and O–H groups in total. The third kappa shape index (κ3) is 3.96. The molecule has 0 saturated carbocycles. The number of thiophene rings is 1. The number of fused-ring (bicyclic) bond motifs is 1. The second-order valence-electron chi connectivity index (χ2n) is 6.02. The summed E-state index contributed by atoms with van der Waals surface area (Å²) in [5.74, 6) is -0.349. The van der Waals surface area contributed by atoms with Crippen LogP contribution in [-0.2, 0) is 16.1 Å². The molecule has 2 aromatic rings. The number of carbonyl (C=O) groups excluding carboxylic acids is 2. The Labute approximate surface area is 160 Å². The number of aliphatic imine (C=N–C) groups is 1. The first kappa shape index (κ1) is 17.2. The molecule has 134 valence electrons. The number of carbonyl (C=O) groups is 2. The first-order valence-corrected chi connectivity index (χ1v) is 9.34. The molecule has 0 radical (unpaired) electrons. The number of ether oxygens (including phenoxy) is 1. The molecule has 27 heavy (non-hydrogen) atoms. The summed E-state index contributed by atoms with van der Waals surface area (Å²) in [4.78, 5) is 29.5. The Morgan fingerprint density at radius 3 is 2.85 bits per heavy atom. The number of nitrogens with one attached hydrogen (secondary N) is 1. The van der Waals surface area contributed by atoms with Gasteiger partial charge in [-0.15, -0.1) is 11.3 Å². The van der Waals surface area contributed by atoms with E-state index in [1.807, 2.05) is 35.7 Å². The lowest BCUT2D eigenvalue weighted by Gasteiger charge is -2.22. The maximum absolute atomic E-state index is 12.2. The van der Waals surface area contributed by atoms with Gasteiger partial charge in [-0.3, -0.25) is 9.59 Å². The van der Waals surface area contributed by atoms with Gasteiger partial charge in [0.2, 0.25) is 0 Å². The highest BCUT2D eigenvalue weighted by molar-refractivity contribution is 7.09. The quantitative estimate of drug-likeness (QED) is 0.831. The standard InChI is InChI=1S/C21H16N2O3S/c24-20(22-13-16-4-3-11-27-16)15-9-7-14(8-10-15)12-19-21(25)23-17-5-1-2-6-18(17)26-19/h1-12,18H,13H2,(H,22,24)/b19-12-. The van der Waals surface area contributed by atoms with Crippen molar-refractivity contribution in [1.82, 2.24) is 5.32 Å². The summed E-state index contributed by atoms with van der Waals surface area (Å²) in [6, 6.07) is 10.9. The number of hydrogen-bond acceptors (Lipinski definition) is 4. The molecule has 2 heterocycles. The van der Waals surface area contributed by atoms with Crippen LogP contribution in [0.1, 0.15) is 20.8 Å². The van der Waals surface area contributed by atoms with Crippen LogP contribution >= 0.6 is 11.3 Å². The molecule has 1 unspecified atom stereocenters. The molecule has 2 amide bonds. The van der Waals surface area contributed by atoms with Gasteiger partial charge in [-0.25, -0.2) is 4.99 Å². The minimum atomic E-state index is -0.404. The van der Waals surface area contributed by atoms with Crippen LogP contribution in [0.3, 0.4) is 0 Å². The lowest BCUT2D eigenvalue weighted by atomic mass is 10.1. The number of amides is 2. The Morgan fingerprint density at radius 2 is 2.07 bits per heavy atom. The van der Waals surface area contributed by atoms with Crippen molar-refractivity contribution in [3.05, 3.63) is 87.8 Å². The van der Waals surface area contributed by atoms with Crippen LogP contribution in [0.4, 0.5) is 0 Å². The van der Waals surface area contributed by atoms with Crippen molar-refractivity contribution in [2.45, 2.75) is 12.6 Å². The fourth-order valence-corrected chi connectivity index (χ4v) is 3.38. The summed E-state index contributed by atoms with van der Waals surface area (Å²) in [6.07, 6.45) is 8.61. The van der Waals surface area contributed by atoms with Crippen molar-refractivity contribution in [3.8, 4) is 0 Å². The first-order valence-electron chi connectivity index (χ1n) is 8.46. The average Bonchev–Trinajstić information content (AvgIpc) is 3.21. The molecule has 0 saturated heterocycles. The average molecular weight is 376 g/mol. The minimum absolute atomic E-state index is 0.138. The summed E-state index contributed by atoms with van der Waals surface area (Å²) in [7, 11) is 0. The third-order valence-electron chi connectivity index (χ3n) is 4.12. The molecule has 0 spiro atoms. The number of allylic oxidation sites excluding steroid dienone is 2. The van der Waals surface area contributed by atoms with Crippen molar-refractivity contribution in [1.29, 1.82) is 0 Å². The number of rotatable bonds is 4. The number of benzene rings is 1. The SMILES string of the molecule is O=C1N=C2C=CC=CC2O/C1=C\c1ccc(C(=O)NCc2cccs2)cc1. The summed E-state index contributed by atoms with van der Waals surface area (Å²) >= 11 is 1.60. The van der Waals surface area contributed by atoms with Crippen molar-refractivity contribution in [3.63, 3.8) is 0 Å². The van der Waals surface area contributed by atoms with E-state index in [1.54, 1.807) is 47.8 Å². The minimum Gasteiger partial charge on any atom is -0.474 e. The molecule has 0 fully saturated rings. The third-order valence-corrected chi connectivity index (χ3v) is 5.00. The van der Waals surface area contributed by atoms with Crippen molar-refractivity contribution < 1.29 is 14.3 Å². The van der Waals surface area contributed by atoms with Crippen LogP contribution < -0.4 is 5.32 Å². The van der Waals surface area contributed by atoms with Gasteiger partial charge >= 0.3 is 5.91 Å². The zero-order chi connectivity index (χ0) is 18.6. The second kappa shape index (κ2) is 7.55. The maximum atomic E-state index is 12.2. The molecule has 1 aliphatic heterocycles. The summed E-state index contributed by atoms with van der Waals surface area (Å²) in [5, 5.41) is 4.86. The van der Waals surface area contributed by atoms with Gasteiger partial charge in [0.05, 0.1) is 12.3 Å². The highest BCUT2D eigenvalue weighted by Gasteiger charge is 2.26. The van der Waals surface area contributed by atoms with E-state index in [0.717, 1.165) is 10.4 Å². The van der Waals surface area contributed by atoms with Gasteiger partial charge in [-0.1, -0.05) is 30.4 Å². The van der Waals surface area contributed by atoms with Gasteiger partial charge in [0.1, 0.15) is 0 Å². The van der Waals surface area contributed by atoms with Crippen molar-refractivity contribution in [2.24, 2.45) is 4.99 Å². The van der Waals surface area contributed by atoms with E-state index >= 15 is 0 Å². The smallest absolute Gasteiger partial charge is 0.312 e. The predicted molar refractivity (Wildman–Crippen MR) is 106 cm³/mol. The molecule has 1 aromatic heterocycles. The van der Waals surface area contributed by atoms with Crippen LogP contribution in [0, 0.1) is 0 Å². The van der Waals surface area contributed by atoms with E-state index < -0.39 is 5.91 Å². The van der Waals surface area contributed by atoms with Gasteiger partial charge < -0.3 is 10.1 Å². The Balaban J connectivity index is 1.44. The normalized spacial score (nSPS) is 19.4. The van der Waals surface area contributed by atoms with Gasteiger partial charge in [-0.2, -0.15) is 0 Å². The van der Waals surface area contributed by atoms with E-state index in [1.165, 1.54) is 0 Å². The van der Waals surface area contributed by atoms with E-state index in [0.29, 0.717) is 17.8 Å². The second-order valence-corrected chi connectivity index (χ2v) is 7.05. The maximum Gasteiger partial charge on any atom is 0.312 e. The number of nitrogens with zero attached hydrogens (tertiary/aromatic N) is 1. The summed E-state index contributed by atoms with van der Waals surface area (Å²) < 4.78 is 5.73. The molecular formula is C21H16N2O3S. The van der Waals surface area contributed by atoms with Gasteiger partial charge in [0.15, 0.2) is 11.9 Å². The molecule has 0 bridgehead atoms.